The second-order valence-electron chi connectivity index (χ2n) is 3.57. The van der Waals surface area contributed by atoms with Crippen molar-refractivity contribution < 1.29 is 9.53 Å². The molecule has 0 spiro atoms. The highest BCUT2D eigenvalue weighted by Crippen LogP contribution is 2.27. The first kappa shape index (κ1) is 17.3. The lowest BCUT2D eigenvalue weighted by molar-refractivity contribution is -0.123. The van der Waals surface area contributed by atoms with Gasteiger partial charge in [-0.1, -0.05) is 23.2 Å². The number of amides is 1. The van der Waals surface area contributed by atoms with Crippen molar-refractivity contribution in [1.82, 2.24) is 5.32 Å². The van der Waals surface area contributed by atoms with Gasteiger partial charge in [0.05, 0.1) is 5.02 Å². The van der Waals surface area contributed by atoms with E-state index >= 15 is 0 Å². The molecule has 3 N–H and O–H groups in total. The zero-order valence-corrected chi connectivity index (χ0v) is 12.1. The van der Waals surface area contributed by atoms with E-state index in [-0.39, 0.29) is 31.0 Å². The molecular weight excluding hydrogens is 298 g/mol. The summed E-state index contributed by atoms with van der Waals surface area (Å²) in [7, 11) is 0. The SMILES string of the molecule is C[C@@H](CN)NC(=O)COc1ccc(Cl)cc1Cl.Cl. The van der Waals surface area contributed by atoms with Crippen LogP contribution >= 0.6 is 35.6 Å². The number of rotatable bonds is 5. The van der Waals surface area contributed by atoms with Gasteiger partial charge in [-0.05, 0) is 25.1 Å². The van der Waals surface area contributed by atoms with Gasteiger partial charge in [-0.2, -0.15) is 0 Å². The van der Waals surface area contributed by atoms with Crippen LogP contribution in [0, 0.1) is 0 Å². The number of carbonyl (C=O) groups is 1. The molecule has 1 atom stereocenters. The van der Waals surface area contributed by atoms with Crippen molar-refractivity contribution in [2.75, 3.05) is 13.2 Å². The number of benzene rings is 1. The van der Waals surface area contributed by atoms with E-state index in [0.717, 1.165) is 0 Å². The molecule has 0 bridgehead atoms. The van der Waals surface area contributed by atoms with E-state index in [9.17, 15) is 4.79 Å². The number of carbonyl (C=O) groups excluding carboxylic acids is 1. The Morgan fingerprint density at radius 1 is 1.50 bits per heavy atom. The molecule has 0 heterocycles. The van der Waals surface area contributed by atoms with Gasteiger partial charge in [0, 0.05) is 17.6 Å². The topological polar surface area (TPSA) is 64.3 Å². The molecule has 1 amide bonds. The molecule has 18 heavy (non-hydrogen) atoms. The molecule has 4 nitrogen and oxygen atoms in total. The molecular formula is C11H15Cl3N2O2. The van der Waals surface area contributed by atoms with E-state index in [2.05, 4.69) is 5.32 Å². The van der Waals surface area contributed by atoms with Crippen molar-refractivity contribution in [1.29, 1.82) is 0 Å². The summed E-state index contributed by atoms with van der Waals surface area (Å²) in [5.74, 6) is 0.181. The average molecular weight is 314 g/mol. The van der Waals surface area contributed by atoms with Gasteiger partial charge in [0.1, 0.15) is 5.75 Å². The van der Waals surface area contributed by atoms with Gasteiger partial charge in [0.25, 0.3) is 5.91 Å². The lowest BCUT2D eigenvalue weighted by Crippen LogP contribution is -2.40. The second-order valence-corrected chi connectivity index (χ2v) is 4.41. The lowest BCUT2D eigenvalue weighted by atomic mass is 10.3. The molecule has 0 aliphatic heterocycles. The third-order valence-electron chi connectivity index (χ3n) is 2.01. The van der Waals surface area contributed by atoms with Crippen molar-refractivity contribution in [2.24, 2.45) is 5.73 Å². The van der Waals surface area contributed by atoms with E-state index in [1.165, 1.54) is 0 Å². The highest BCUT2D eigenvalue weighted by atomic mass is 35.5. The monoisotopic (exact) mass is 312 g/mol. The van der Waals surface area contributed by atoms with E-state index in [0.29, 0.717) is 22.3 Å². The summed E-state index contributed by atoms with van der Waals surface area (Å²) in [5.41, 5.74) is 5.38. The Balaban J connectivity index is 0.00000289. The van der Waals surface area contributed by atoms with Gasteiger partial charge in [0.2, 0.25) is 0 Å². The van der Waals surface area contributed by atoms with Crippen LogP contribution in [0.5, 0.6) is 5.75 Å². The summed E-state index contributed by atoms with van der Waals surface area (Å²) in [6.07, 6.45) is 0. The third-order valence-corrected chi connectivity index (χ3v) is 2.54. The van der Waals surface area contributed by atoms with Crippen molar-refractivity contribution in [3.05, 3.63) is 28.2 Å². The van der Waals surface area contributed by atoms with Crippen molar-refractivity contribution >= 4 is 41.5 Å². The first-order valence-electron chi connectivity index (χ1n) is 5.10. The van der Waals surface area contributed by atoms with Crippen LogP contribution in [0.1, 0.15) is 6.92 Å². The molecule has 0 radical (unpaired) electrons. The molecule has 0 unspecified atom stereocenters. The fourth-order valence-corrected chi connectivity index (χ4v) is 1.57. The molecule has 0 saturated heterocycles. The molecule has 1 aromatic rings. The number of nitrogens with two attached hydrogens (primary N) is 1. The minimum absolute atomic E-state index is 0. The van der Waals surface area contributed by atoms with Gasteiger partial charge in [-0.25, -0.2) is 0 Å². The van der Waals surface area contributed by atoms with Crippen molar-refractivity contribution in [3.8, 4) is 5.75 Å². The number of nitrogens with one attached hydrogen (secondary N) is 1. The van der Waals surface area contributed by atoms with Gasteiger partial charge in [-0.15, -0.1) is 12.4 Å². The Hall–Kier alpha value is -0.680. The molecule has 0 saturated carbocycles. The number of hydrogen-bond acceptors (Lipinski definition) is 3. The normalized spacial score (nSPS) is 11.3. The number of ether oxygens (including phenoxy) is 1. The van der Waals surface area contributed by atoms with Gasteiger partial charge in [-0.3, -0.25) is 4.79 Å². The van der Waals surface area contributed by atoms with Crippen LogP contribution < -0.4 is 15.8 Å². The van der Waals surface area contributed by atoms with Crippen molar-refractivity contribution in [2.45, 2.75) is 13.0 Å². The van der Waals surface area contributed by atoms with E-state index in [1.807, 2.05) is 6.92 Å². The second kappa shape index (κ2) is 8.43. The highest BCUT2D eigenvalue weighted by molar-refractivity contribution is 6.35. The van der Waals surface area contributed by atoms with Gasteiger partial charge >= 0.3 is 0 Å². The quantitative estimate of drug-likeness (QED) is 0.876. The third kappa shape index (κ3) is 5.78. The predicted molar refractivity (Wildman–Crippen MR) is 75.9 cm³/mol. The van der Waals surface area contributed by atoms with Crippen LogP contribution in [-0.2, 0) is 4.79 Å². The summed E-state index contributed by atoms with van der Waals surface area (Å²) in [6, 6.07) is 4.73. The zero-order valence-electron chi connectivity index (χ0n) is 9.78. The van der Waals surface area contributed by atoms with Crippen LogP contribution in [0.4, 0.5) is 0 Å². The summed E-state index contributed by atoms with van der Waals surface area (Å²) in [6.45, 7) is 2.09. The predicted octanol–water partition coefficient (Wildman–Crippen LogP) is 2.26. The Kier molecular flexibility index (Phi) is 8.11. The number of hydrogen-bond donors (Lipinski definition) is 2. The minimum Gasteiger partial charge on any atom is -0.482 e. The summed E-state index contributed by atoms with van der Waals surface area (Å²) >= 11 is 11.6. The minimum atomic E-state index is -0.242. The summed E-state index contributed by atoms with van der Waals surface area (Å²) in [5, 5.41) is 3.56. The fraction of sp³-hybridized carbons (Fsp3) is 0.364. The standard InChI is InChI=1S/C11H14Cl2N2O2.ClH/c1-7(5-14)15-11(16)6-17-10-3-2-8(12)4-9(10)13;/h2-4,7H,5-6,14H2,1H3,(H,15,16);1H/t7-;/m0./s1. The smallest absolute Gasteiger partial charge is 0.258 e. The van der Waals surface area contributed by atoms with Crippen LogP contribution in [0.15, 0.2) is 18.2 Å². The Morgan fingerprint density at radius 3 is 2.72 bits per heavy atom. The maximum absolute atomic E-state index is 11.4. The molecule has 102 valence electrons. The lowest BCUT2D eigenvalue weighted by Gasteiger charge is -2.12. The van der Waals surface area contributed by atoms with Crippen LogP contribution in [0.2, 0.25) is 10.0 Å². The van der Waals surface area contributed by atoms with Gasteiger partial charge < -0.3 is 15.8 Å². The summed E-state index contributed by atoms with van der Waals surface area (Å²) in [4.78, 5) is 11.4. The zero-order chi connectivity index (χ0) is 12.8. The Morgan fingerprint density at radius 2 is 2.17 bits per heavy atom. The average Bonchev–Trinajstić information content (AvgIpc) is 2.27. The first-order chi connectivity index (χ1) is 8.02. The Bertz CT molecular complexity index is 402. The molecule has 0 aliphatic rings. The molecule has 1 rings (SSSR count). The maximum Gasteiger partial charge on any atom is 0.258 e. The summed E-state index contributed by atoms with van der Waals surface area (Å²) < 4.78 is 5.26. The fourth-order valence-electron chi connectivity index (χ4n) is 1.11. The highest BCUT2D eigenvalue weighted by Gasteiger charge is 2.08. The first-order valence-corrected chi connectivity index (χ1v) is 5.85. The van der Waals surface area contributed by atoms with Crippen LogP contribution in [-0.4, -0.2) is 25.1 Å². The van der Waals surface area contributed by atoms with E-state index in [4.69, 9.17) is 33.7 Å². The molecule has 0 aliphatic carbocycles. The van der Waals surface area contributed by atoms with Crippen LogP contribution in [0.25, 0.3) is 0 Å². The van der Waals surface area contributed by atoms with Crippen LogP contribution in [0.3, 0.4) is 0 Å². The van der Waals surface area contributed by atoms with Crippen molar-refractivity contribution in [3.63, 3.8) is 0 Å². The van der Waals surface area contributed by atoms with Gasteiger partial charge in [0.15, 0.2) is 6.61 Å². The Labute approximate surface area is 122 Å². The molecule has 0 fully saturated rings. The largest absolute Gasteiger partial charge is 0.482 e. The molecule has 7 heteroatoms. The van der Waals surface area contributed by atoms with E-state index in [1.54, 1.807) is 18.2 Å². The number of halogens is 3. The molecule has 1 aromatic carbocycles. The van der Waals surface area contributed by atoms with E-state index < -0.39 is 0 Å². The maximum atomic E-state index is 11.4. The molecule has 0 aromatic heterocycles.